The molecule has 8 nitrogen and oxygen atoms in total. The van der Waals surface area contributed by atoms with Crippen molar-refractivity contribution in [2.75, 3.05) is 19.6 Å². The van der Waals surface area contributed by atoms with Crippen molar-refractivity contribution in [3.05, 3.63) is 27.9 Å². The summed E-state index contributed by atoms with van der Waals surface area (Å²) in [6.07, 6.45) is 2.16. The predicted octanol–water partition coefficient (Wildman–Crippen LogP) is -0.352. The summed E-state index contributed by atoms with van der Waals surface area (Å²) in [6.45, 7) is 5.73. The summed E-state index contributed by atoms with van der Waals surface area (Å²) >= 11 is 0. The molecular formula is C16H25N5O3. The van der Waals surface area contributed by atoms with Gasteiger partial charge in [0.15, 0.2) is 0 Å². The maximum atomic E-state index is 12.3. The van der Waals surface area contributed by atoms with Crippen LogP contribution < -0.4 is 16.7 Å². The minimum atomic E-state index is -0.505. The van der Waals surface area contributed by atoms with Gasteiger partial charge in [0.05, 0.1) is 6.54 Å². The SMILES string of the molecule is CC(C)Cc1cc(C(=O)NC2CCN(CC(N)=O)CC2)nc(=O)[nH]1. The van der Waals surface area contributed by atoms with E-state index in [1.807, 2.05) is 18.7 Å². The van der Waals surface area contributed by atoms with Crippen molar-refractivity contribution in [1.82, 2.24) is 20.2 Å². The number of nitrogens with two attached hydrogens (primary N) is 1. The van der Waals surface area contributed by atoms with Gasteiger partial charge in [-0.3, -0.25) is 14.5 Å². The Hall–Kier alpha value is -2.22. The Kier molecular flexibility index (Phi) is 6.08. The zero-order valence-corrected chi connectivity index (χ0v) is 14.2. The Balaban J connectivity index is 1.94. The normalized spacial score (nSPS) is 16.3. The molecule has 0 bridgehead atoms. The zero-order valence-electron chi connectivity index (χ0n) is 14.2. The fraction of sp³-hybridized carbons (Fsp3) is 0.625. The molecule has 132 valence electrons. The average molecular weight is 335 g/mol. The Morgan fingerprint density at radius 3 is 2.67 bits per heavy atom. The lowest BCUT2D eigenvalue weighted by Gasteiger charge is -2.31. The van der Waals surface area contributed by atoms with Crippen molar-refractivity contribution < 1.29 is 9.59 Å². The molecule has 0 spiro atoms. The van der Waals surface area contributed by atoms with Gasteiger partial charge < -0.3 is 16.0 Å². The van der Waals surface area contributed by atoms with Crippen LogP contribution in [-0.2, 0) is 11.2 Å². The molecule has 1 aromatic rings. The lowest BCUT2D eigenvalue weighted by atomic mass is 10.0. The molecule has 1 saturated heterocycles. The van der Waals surface area contributed by atoms with Gasteiger partial charge in [-0.15, -0.1) is 0 Å². The number of primary amides is 1. The van der Waals surface area contributed by atoms with E-state index in [2.05, 4.69) is 15.3 Å². The molecule has 2 rings (SSSR count). The van der Waals surface area contributed by atoms with E-state index in [4.69, 9.17) is 5.73 Å². The first-order chi connectivity index (χ1) is 11.3. The van der Waals surface area contributed by atoms with Gasteiger partial charge in [-0.05, 0) is 31.2 Å². The highest BCUT2D eigenvalue weighted by Crippen LogP contribution is 2.11. The largest absolute Gasteiger partial charge is 0.369 e. The zero-order chi connectivity index (χ0) is 17.7. The summed E-state index contributed by atoms with van der Waals surface area (Å²) in [5, 5.41) is 2.92. The second kappa shape index (κ2) is 8.05. The summed E-state index contributed by atoms with van der Waals surface area (Å²) < 4.78 is 0. The number of piperidine rings is 1. The summed E-state index contributed by atoms with van der Waals surface area (Å²) in [7, 11) is 0. The van der Waals surface area contributed by atoms with E-state index in [0.29, 0.717) is 31.1 Å². The van der Waals surface area contributed by atoms with Crippen molar-refractivity contribution in [1.29, 1.82) is 0 Å². The van der Waals surface area contributed by atoms with E-state index in [-0.39, 0.29) is 30.1 Å². The van der Waals surface area contributed by atoms with Crippen molar-refractivity contribution in [3.8, 4) is 0 Å². The number of likely N-dealkylation sites (tertiary alicyclic amines) is 1. The molecule has 0 aliphatic carbocycles. The van der Waals surface area contributed by atoms with Gasteiger partial charge in [-0.25, -0.2) is 4.79 Å². The highest BCUT2D eigenvalue weighted by atomic mass is 16.2. The predicted molar refractivity (Wildman–Crippen MR) is 89.5 cm³/mol. The van der Waals surface area contributed by atoms with Crippen molar-refractivity contribution >= 4 is 11.8 Å². The molecular weight excluding hydrogens is 310 g/mol. The molecule has 24 heavy (non-hydrogen) atoms. The molecule has 0 radical (unpaired) electrons. The minimum absolute atomic E-state index is 0.0104. The maximum absolute atomic E-state index is 12.3. The average Bonchev–Trinajstić information content (AvgIpc) is 2.47. The third-order valence-corrected chi connectivity index (χ3v) is 3.96. The monoisotopic (exact) mass is 335 g/mol. The molecule has 8 heteroatoms. The summed E-state index contributed by atoms with van der Waals surface area (Å²) in [5.41, 5.74) is 5.54. The molecule has 0 saturated carbocycles. The standard InChI is InChI=1S/C16H25N5O3/c1-10(2)7-12-8-13(20-16(24)19-12)15(23)18-11-3-5-21(6-4-11)9-14(17)22/h8,10-11H,3-7,9H2,1-2H3,(H2,17,22)(H,18,23)(H,19,20,24). The van der Waals surface area contributed by atoms with Crippen LogP contribution >= 0.6 is 0 Å². The second-order valence-corrected chi connectivity index (χ2v) is 6.68. The topological polar surface area (TPSA) is 121 Å². The van der Waals surface area contributed by atoms with Gasteiger partial charge in [-0.1, -0.05) is 13.8 Å². The summed E-state index contributed by atoms with van der Waals surface area (Å²) in [5.74, 6) is -0.309. The van der Waals surface area contributed by atoms with Crippen molar-refractivity contribution in [2.45, 2.75) is 39.2 Å². The molecule has 2 heterocycles. The van der Waals surface area contributed by atoms with Gasteiger partial charge in [-0.2, -0.15) is 4.98 Å². The molecule has 1 aliphatic rings. The number of rotatable bonds is 6. The minimum Gasteiger partial charge on any atom is -0.369 e. The van der Waals surface area contributed by atoms with Crippen LogP contribution in [0.2, 0.25) is 0 Å². The highest BCUT2D eigenvalue weighted by molar-refractivity contribution is 5.92. The highest BCUT2D eigenvalue weighted by Gasteiger charge is 2.22. The van der Waals surface area contributed by atoms with Gasteiger partial charge in [0, 0.05) is 24.8 Å². The first kappa shape index (κ1) is 18.1. The lowest BCUT2D eigenvalue weighted by molar-refractivity contribution is -0.119. The third-order valence-electron chi connectivity index (χ3n) is 3.96. The van der Waals surface area contributed by atoms with E-state index >= 15 is 0 Å². The Labute approximate surface area is 140 Å². The van der Waals surface area contributed by atoms with Crippen molar-refractivity contribution in [3.63, 3.8) is 0 Å². The number of H-pyrrole nitrogens is 1. The van der Waals surface area contributed by atoms with Gasteiger partial charge in [0.25, 0.3) is 5.91 Å². The summed E-state index contributed by atoms with van der Waals surface area (Å²) in [6, 6.07) is 1.65. The maximum Gasteiger partial charge on any atom is 0.345 e. The number of carbonyl (C=O) groups is 2. The number of carbonyl (C=O) groups excluding carboxylic acids is 2. The van der Waals surface area contributed by atoms with E-state index in [1.165, 1.54) is 0 Å². The lowest BCUT2D eigenvalue weighted by Crippen LogP contribution is -2.47. The van der Waals surface area contributed by atoms with Crippen LogP contribution in [0, 0.1) is 5.92 Å². The Morgan fingerprint density at radius 1 is 1.42 bits per heavy atom. The Bertz CT molecular complexity index is 647. The molecule has 0 aromatic carbocycles. The smallest absolute Gasteiger partial charge is 0.345 e. The van der Waals surface area contributed by atoms with Gasteiger partial charge in [0.1, 0.15) is 5.69 Å². The summed E-state index contributed by atoms with van der Waals surface area (Å²) in [4.78, 5) is 43.3. The molecule has 1 fully saturated rings. The van der Waals surface area contributed by atoms with Crippen LogP contribution in [0.15, 0.2) is 10.9 Å². The van der Waals surface area contributed by atoms with Gasteiger partial charge in [0.2, 0.25) is 5.91 Å². The number of hydrogen-bond acceptors (Lipinski definition) is 5. The Morgan fingerprint density at radius 2 is 2.08 bits per heavy atom. The second-order valence-electron chi connectivity index (χ2n) is 6.68. The molecule has 0 atom stereocenters. The molecule has 4 N–H and O–H groups in total. The molecule has 0 unspecified atom stereocenters. The van der Waals surface area contributed by atoms with E-state index in [9.17, 15) is 14.4 Å². The first-order valence-corrected chi connectivity index (χ1v) is 8.25. The number of aromatic amines is 1. The number of amides is 2. The third kappa shape index (κ3) is 5.45. The molecule has 2 amide bonds. The quantitative estimate of drug-likeness (QED) is 0.656. The fourth-order valence-electron chi connectivity index (χ4n) is 2.89. The van der Waals surface area contributed by atoms with Crippen LogP contribution in [0.4, 0.5) is 0 Å². The van der Waals surface area contributed by atoms with Crippen LogP contribution in [0.1, 0.15) is 42.9 Å². The van der Waals surface area contributed by atoms with Crippen LogP contribution in [0.25, 0.3) is 0 Å². The number of nitrogens with one attached hydrogen (secondary N) is 2. The number of nitrogens with zero attached hydrogens (tertiary/aromatic N) is 2. The van der Waals surface area contributed by atoms with Crippen LogP contribution in [0.5, 0.6) is 0 Å². The van der Waals surface area contributed by atoms with Crippen LogP contribution in [0.3, 0.4) is 0 Å². The van der Waals surface area contributed by atoms with E-state index in [1.54, 1.807) is 6.07 Å². The number of hydrogen-bond donors (Lipinski definition) is 3. The van der Waals surface area contributed by atoms with Crippen LogP contribution in [-0.4, -0.2) is 52.4 Å². The first-order valence-electron chi connectivity index (χ1n) is 8.25. The fourth-order valence-corrected chi connectivity index (χ4v) is 2.89. The van der Waals surface area contributed by atoms with Gasteiger partial charge >= 0.3 is 5.69 Å². The number of aromatic nitrogens is 2. The van der Waals surface area contributed by atoms with E-state index in [0.717, 1.165) is 12.8 Å². The molecule has 1 aromatic heterocycles. The van der Waals surface area contributed by atoms with E-state index < -0.39 is 5.69 Å². The van der Waals surface area contributed by atoms with Crippen molar-refractivity contribution in [2.24, 2.45) is 11.7 Å². The molecule has 1 aliphatic heterocycles.